The van der Waals surface area contributed by atoms with E-state index in [9.17, 15) is 18.0 Å². The zero-order chi connectivity index (χ0) is 25.4. The Balaban J connectivity index is 1.62. The van der Waals surface area contributed by atoms with E-state index < -0.39 is 11.7 Å². The molecule has 1 saturated heterocycles. The molecule has 1 aliphatic heterocycles. The SMILES string of the molecule is O=C(c1ccc(Cl)c(Cc2cc3ncc(C(F)(F)F)cc3n2-c2ccccc2)c1Cl)N1CCOCC1. The number of alkyl halides is 3. The number of hydrogen-bond acceptors (Lipinski definition) is 3. The first kappa shape index (κ1) is 24.6. The summed E-state index contributed by atoms with van der Waals surface area (Å²) in [6.07, 6.45) is -3.54. The van der Waals surface area contributed by atoms with E-state index in [1.54, 1.807) is 51.9 Å². The van der Waals surface area contributed by atoms with Crippen molar-refractivity contribution in [1.29, 1.82) is 0 Å². The van der Waals surface area contributed by atoms with E-state index in [1.807, 2.05) is 6.07 Å². The number of rotatable bonds is 4. The van der Waals surface area contributed by atoms with E-state index in [2.05, 4.69) is 4.98 Å². The van der Waals surface area contributed by atoms with Crippen molar-refractivity contribution in [2.45, 2.75) is 12.6 Å². The highest BCUT2D eigenvalue weighted by Crippen LogP contribution is 2.35. The van der Waals surface area contributed by atoms with Gasteiger partial charge in [0.15, 0.2) is 0 Å². The van der Waals surface area contributed by atoms with Crippen LogP contribution in [0.2, 0.25) is 10.0 Å². The van der Waals surface area contributed by atoms with Gasteiger partial charge in [-0.15, -0.1) is 0 Å². The van der Waals surface area contributed by atoms with Crippen LogP contribution in [0.1, 0.15) is 27.2 Å². The molecule has 0 aliphatic carbocycles. The lowest BCUT2D eigenvalue weighted by Crippen LogP contribution is -2.40. The van der Waals surface area contributed by atoms with Gasteiger partial charge in [0.05, 0.1) is 40.4 Å². The third-order valence-corrected chi connectivity index (χ3v) is 6.93. The van der Waals surface area contributed by atoms with Crippen molar-refractivity contribution in [2.75, 3.05) is 26.3 Å². The highest BCUT2D eigenvalue weighted by Gasteiger charge is 2.32. The van der Waals surface area contributed by atoms with Crippen LogP contribution in [0.3, 0.4) is 0 Å². The molecule has 0 spiro atoms. The molecule has 0 radical (unpaired) electrons. The van der Waals surface area contributed by atoms with E-state index in [4.69, 9.17) is 27.9 Å². The van der Waals surface area contributed by atoms with E-state index in [0.29, 0.717) is 64.9 Å². The molecule has 5 nitrogen and oxygen atoms in total. The first-order valence-electron chi connectivity index (χ1n) is 11.2. The van der Waals surface area contributed by atoms with Gasteiger partial charge in [-0.25, -0.2) is 0 Å². The Morgan fingerprint density at radius 2 is 1.75 bits per heavy atom. The summed E-state index contributed by atoms with van der Waals surface area (Å²) in [4.78, 5) is 18.9. The predicted molar refractivity (Wildman–Crippen MR) is 132 cm³/mol. The van der Waals surface area contributed by atoms with E-state index in [0.717, 1.165) is 12.3 Å². The second-order valence-electron chi connectivity index (χ2n) is 8.40. The van der Waals surface area contributed by atoms with Crippen LogP contribution >= 0.6 is 23.2 Å². The molecule has 0 N–H and O–H groups in total. The summed E-state index contributed by atoms with van der Waals surface area (Å²) in [7, 11) is 0. The number of halogens is 5. The van der Waals surface area contributed by atoms with Gasteiger partial charge < -0.3 is 14.2 Å². The third kappa shape index (κ3) is 4.68. The molecule has 1 fully saturated rings. The smallest absolute Gasteiger partial charge is 0.378 e. The van der Waals surface area contributed by atoms with Gasteiger partial charge in [0.2, 0.25) is 0 Å². The first-order chi connectivity index (χ1) is 17.2. The number of carbonyl (C=O) groups is 1. The standard InChI is InChI=1S/C26H20Cl2F3N3O2/c27-21-7-6-19(25(35)33-8-10-36-11-9-33)24(28)20(21)13-18-14-22-23(12-16(15-32-22)26(29,30)31)34(18)17-4-2-1-3-5-17/h1-7,12,14-15H,8-11,13H2. The fraction of sp³-hybridized carbons (Fsp3) is 0.231. The number of pyridine rings is 1. The number of ether oxygens (including phenoxy) is 1. The molecule has 1 aliphatic rings. The fourth-order valence-electron chi connectivity index (χ4n) is 4.34. The number of carbonyl (C=O) groups excluding carboxylic acids is 1. The molecular weight excluding hydrogens is 514 g/mol. The maximum atomic E-state index is 13.5. The maximum Gasteiger partial charge on any atom is 0.417 e. The Labute approximate surface area is 215 Å². The predicted octanol–water partition coefficient (Wildman–Crippen LogP) is 6.41. The molecular formula is C26H20Cl2F3N3O2. The van der Waals surface area contributed by atoms with Gasteiger partial charge >= 0.3 is 6.18 Å². The summed E-state index contributed by atoms with van der Waals surface area (Å²) in [5.41, 5.74) is 1.98. The molecule has 0 unspecified atom stereocenters. The van der Waals surface area contributed by atoms with Crippen molar-refractivity contribution in [3.05, 3.63) is 93.2 Å². The molecule has 3 heterocycles. The molecule has 1 amide bonds. The van der Waals surface area contributed by atoms with Crippen LogP contribution in [-0.4, -0.2) is 46.7 Å². The Morgan fingerprint density at radius 1 is 1.03 bits per heavy atom. The number of aromatic nitrogens is 2. The van der Waals surface area contributed by atoms with Crippen molar-refractivity contribution in [3.63, 3.8) is 0 Å². The molecule has 0 bridgehead atoms. The summed E-state index contributed by atoms with van der Waals surface area (Å²) in [6, 6.07) is 15.0. The minimum atomic E-state index is -4.53. The molecule has 2 aromatic heterocycles. The van der Waals surface area contributed by atoms with Gasteiger partial charge in [0, 0.05) is 42.1 Å². The number of para-hydroxylation sites is 1. The highest BCUT2D eigenvalue weighted by atomic mass is 35.5. The van der Waals surface area contributed by atoms with E-state index in [-0.39, 0.29) is 17.4 Å². The minimum absolute atomic E-state index is 0.175. The Bertz CT molecular complexity index is 1430. The van der Waals surface area contributed by atoms with Crippen LogP contribution in [0, 0.1) is 0 Å². The van der Waals surface area contributed by atoms with Crippen molar-refractivity contribution in [3.8, 4) is 5.69 Å². The lowest BCUT2D eigenvalue weighted by atomic mass is 10.0. The van der Waals surface area contributed by atoms with Gasteiger partial charge in [0.25, 0.3) is 5.91 Å². The minimum Gasteiger partial charge on any atom is -0.378 e. The van der Waals surface area contributed by atoms with Crippen molar-refractivity contribution in [2.24, 2.45) is 0 Å². The Kier molecular flexibility index (Phi) is 6.68. The topological polar surface area (TPSA) is 47.4 Å². The van der Waals surface area contributed by atoms with Gasteiger partial charge in [-0.2, -0.15) is 13.2 Å². The summed E-state index contributed by atoms with van der Waals surface area (Å²) < 4.78 is 47.4. The molecule has 2 aromatic carbocycles. The number of benzene rings is 2. The zero-order valence-corrected chi connectivity index (χ0v) is 20.4. The van der Waals surface area contributed by atoms with E-state index >= 15 is 0 Å². The van der Waals surface area contributed by atoms with Gasteiger partial charge in [-0.05, 0) is 42.0 Å². The van der Waals surface area contributed by atoms with Crippen LogP contribution < -0.4 is 0 Å². The highest BCUT2D eigenvalue weighted by molar-refractivity contribution is 6.38. The lowest BCUT2D eigenvalue weighted by molar-refractivity contribution is -0.137. The largest absolute Gasteiger partial charge is 0.417 e. The zero-order valence-electron chi connectivity index (χ0n) is 18.9. The number of fused-ring (bicyclic) bond motifs is 1. The summed E-state index contributed by atoms with van der Waals surface area (Å²) in [5.74, 6) is -0.221. The first-order valence-corrected chi connectivity index (χ1v) is 12.0. The molecule has 186 valence electrons. The van der Waals surface area contributed by atoms with Crippen molar-refractivity contribution in [1.82, 2.24) is 14.5 Å². The van der Waals surface area contributed by atoms with Crippen LogP contribution in [0.4, 0.5) is 13.2 Å². The number of hydrogen-bond donors (Lipinski definition) is 0. The molecule has 4 aromatic rings. The second kappa shape index (κ2) is 9.76. The summed E-state index contributed by atoms with van der Waals surface area (Å²) >= 11 is 13.2. The van der Waals surface area contributed by atoms with Crippen LogP contribution in [0.25, 0.3) is 16.7 Å². The quantitative estimate of drug-likeness (QED) is 0.304. The summed E-state index contributed by atoms with van der Waals surface area (Å²) in [5, 5.41) is 0.570. The van der Waals surface area contributed by atoms with Crippen molar-refractivity contribution < 1.29 is 22.7 Å². The van der Waals surface area contributed by atoms with Crippen LogP contribution in [0.15, 0.2) is 60.8 Å². The average molecular weight is 534 g/mol. The monoisotopic (exact) mass is 533 g/mol. The molecule has 5 rings (SSSR count). The fourth-order valence-corrected chi connectivity index (χ4v) is 4.93. The van der Waals surface area contributed by atoms with Gasteiger partial charge in [-0.1, -0.05) is 41.4 Å². The van der Waals surface area contributed by atoms with Gasteiger partial charge in [0.1, 0.15) is 0 Å². The van der Waals surface area contributed by atoms with E-state index in [1.165, 1.54) is 0 Å². The third-order valence-electron chi connectivity index (χ3n) is 6.14. The number of morpholine rings is 1. The maximum absolute atomic E-state index is 13.5. The second-order valence-corrected chi connectivity index (χ2v) is 9.19. The summed E-state index contributed by atoms with van der Waals surface area (Å²) in [6.45, 7) is 1.83. The lowest BCUT2D eigenvalue weighted by Gasteiger charge is -2.27. The molecule has 0 saturated carbocycles. The van der Waals surface area contributed by atoms with Gasteiger partial charge in [-0.3, -0.25) is 9.78 Å². The number of nitrogens with zero attached hydrogens (tertiary/aromatic N) is 3. The molecule has 10 heteroatoms. The number of amides is 1. The van der Waals surface area contributed by atoms with Crippen LogP contribution in [0.5, 0.6) is 0 Å². The van der Waals surface area contributed by atoms with Crippen molar-refractivity contribution >= 4 is 40.1 Å². The Morgan fingerprint density at radius 3 is 2.44 bits per heavy atom. The van der Waals surface area contributed by atoms with Crippen LogP contribution in [-0.2, 0) is 17.3 Å². The molecule has 36 heavy (non-hydrogen) atoms. The average Bonchev–Trinajstić information content (AvgIpc) is 3.24. The Hall–Kier alpha value is -3.07. The normalized spacial score (nSPS) is 14.4. The molecule has 0 atom stereocenters.